The molecule has 0 amide bonds. The van der Waals surface area contributed by atoms with Crippen LogP contribution in [0, 0.1) is 0 Å². The van der Waals surface area contributed by atoms with Gasteiger partial charge in [0.15, 0.2) is 18.0 Å². The molecule has 2 heterocycles. The van der Waals surface area contributed by atoms with Gasteiger partial charge in [0.1, 0.15) is 24.4 Å². The summed E-state index contributed by atoms with van der Waals surface area (Å²) in [5, 5.41) is 69.9. The summed E-state index contributed by atoms with van der Waals surface area (Å²) in [6.07, 6.45) is 4.20. The van der Waals surface area contributed by atoms with Crippen LogP contribution in [0.1, 0.15) is 96.8 Å². The van der Waals surface area contributed by atoms with Crippen LogP contribution in [0.15, 0.2) is 23.7 Å². The number of carbonyl (C=O) groups excluding carboxylic acids is 2. The van der Waals surface area contributed by atoms with Crippen molar-refractivity contribution in [3.05, 3.63) is 23.7 Å². The van der Waals surface area contributed by atoms with Crippen molar-refractivity contribution in [2.45, 2.75) is 146 Å². The van der Waals surface area contributed by atoms with Crippen LogP contribution in [0.4, 0.5) is 0 Å². The predicted octanol–water partition coefficient (Wildman–Crippen LogP) is 1.76. The molecule has 0 saturated carbocycles. The van der Waals surface area contributed by atoms with Crippen molar-refractivity contribution < 1.29 is 64.3 Å². The van der Waals surface area contributed by atoms with Crippen LogP contribution < -0.4 is 0 Å². The topological polar surface area (TPSA) is 213 Å². The summed E-state index contributed by atoms with van der Waals surface area (Å²) in [6.45, 7) is 1.46. The standard InChI is InChI=1S/C30H50O13/c1-2-3-4-5-6-7-8-9-10-11-12-13-14-15-16-17-20(32)41-28(38)25(37)26-24(36)27(29(39)42-26)43-30-23(35)22(34)21(33)19(18-31)40-30/h9-10,19,21-23,25-26,28,30-31,33-38H,2-8,11-18H2,1H3/b10-9-/t19-,21-,22+,23-,25-,26+,28?,30?/m1/s1. The quantitative estimate of drug-likeness (QED) is 0.0423. The minimum absolute atomic E-state index is 0.000313. The van der Waals surface area contributed by atoms with E-state index in [1.165, 1.54) is 38.5 Å². The van der Waals surface area contributed by atoms with Gasteiger partial charge >= 0.3 is 11.9 Å². The molecule has 7 N–H and O–H groups in total. The highest BCUT2D eigenvalue weighted by molar-refractivity contribution is 5.89. The molecule has 2 rings (SSSR count). The molecule has 0 spiro atoms. The molecule has 0 radical (unpaired) electrons. The molecule has 8 atom stereocenters. The first-order valence-corrected chi connectivity index (χ1v) is 15.4. The van der Waals surface area contributed by atoms with E-state index in [1.54, 1.807) is 0 Å². The second-order valence-corrected chi connectivity index (χ2v) is 11.1. The van der Waals surface area contributed by atoms with Crippen LogP contribution >= 0.6 is 0 Å². The van der Waals surface area contributed by atoms with Crippen molar-refractivity contribution in [3.8, 4) is 0 Å². The molecule has 0 aromatic heterocycles. The molecular formula is C30H50O13. The van der Waals surface area contributed by atoms with Gasteiger partial charge in [0, 0.05) is 6.42 Å². The van der Waals surface area contributed by atoms with Crippen molar-refractivity contribution in [3.63, 3.8) is 0 Å². The van der Waals surface area contributed by atoms with Crippen LogP contribution in [0.2, 0.25) is 0 Å². The van der Waals surface area contributed by atoms with Crippen LogP contribution in [0.5, 0.6) is 0 Å². The van der Waals surface area contributed by atoms with Gasteiger partial charge in [0.25, 0.3) is 0 Å². The van der Waals surface area contributed by atoms with E-state index >= 15 is 0 Å². The molecular weight excluding hydrogens is 568 g/mol. The third-order valence-corrected chi connectivity index (χ3v) is 7.50. The Labute approximate surface area is 252 Å². The molecule has 0 aromatic rings. The Balaban J connectivity index is 1.65. The normalized spacial score (nSPS) is 27.4. The number of cyclic esters (lactones) is 1. The van der Waals surface area contributed by atoms with Crippen LogP contribution in [0.25, 0.3) is 0 Å². The van der Waals surface area contributed by atoms with Crippen molar-refractivity contribution in [2.75, 3.05) is 6.61 Å². The Morgan fingerprint density at radius 3 is 2.07 bits per heavy atom. The molecule has 0 aliphatic carbocycles. The molecule has 1 fully saturated rings. The summed E-state index contributed by atoms with van der Waals surface area (Å²) >= 11 is 0. The minimum Gasteiger partial charge on any atom is -0.505 e. The summed E-state index contributed by atoms with van der Waals surface area (Å²) in [6, 6.07) is 0. The molecule has 43 heavy (non-hydrogen) atoms. The van der Waals surface area contributed by atoms with Crippen LogP contribution in [0.3, 0.4) is 0 Å². The maximum atomic E-state index is 12.2. The Hall–Kier alpha value is -2.26. The van der Waals surface area contributed by atoms with Crippen molar-refractivity contribution in [1.82, 2.24) is 0 Å². The molecule has 1 saturated heterocycles. The van der Waals surface area contributed by atoms with E-state index < -0.39 is 79.3 Å². The highest BCUT2D eigenvalue weighted by Gasteiger charge is 2.49. The lowest BCUT2D eigenvalue weighted by Gasteiger charge is -2.39. The highest BCUT2D eigenvalue weighted by Crippen LogP contribution is 2.30. The number of aliphatic hydroxyl groups is 7. The zero-order chi connectivity index (χ0) is 31.8. The van der Waals surface area contributed by atoms with E-state index in [0.717, 1.165) is 38.5 Å². The van der Waals surface area contributed by atoms with Gasteiger partial charge < -0.3 is 54.7 Å². The number of carbonyl (C=O) groups is 2. The highest BCUT2D eigenvalue weighted by atomic mass is 16.7. The maximum Gasteiger partial charge on any atom is 0.378 e. The number of aliphatic hydroxyl groups excluding tert-OH is 7. The molecule has 2 unspecified atom stereocenters. The lowest BCUT2D eigenvalue weighted by atomic mass is 9.99. The first-order valence-electron chi connectivity index (χ1n) is 15.4. The number of hydrogen-bond acceptors (Lipinski definition) is 13. The fraction of sp³-hybridized carbons (Fsp3) is 0.800. The zero-order valence-corrected chi connectivity index (χ0v) is 25.0. The largest absolute Gasteiger partial charge is 0.505 e. The number of allylic oxidation sites excluding steroid dienone is 2. The van der Waals surface area contributed by atoms with E-state index in [-0.39, 0.29) is 6.42 Å². The summed E-state index contributed by atoms with van der Waals surface area (Å²) < 4.78 is 19.9. The first-order chi connectivity index (χ1) is 20.6. The van der Waals surface area contributed by atoms with Gasteiger partial charge in [-0.15, -0.1) is 0 Å². The van der Waals surface area contributed by atoms with Gasteiger partial charge in [-0.25, -0.2) is 4.79 Å². The monoisotopic (exact) mass is 618 g/mol. The summed E-state index contributed by atoms with van der Waals surface area (Å²) in [7, 11) is 0. The molecule has 0 aromatic carbocycles. The van der Waals surface area contributed by atoms with E-state index in [0.29, 0.717) is 6.42 Å². The van der Waals surface area contributed by atoms with Crippen molar-refractivity contribution in [1.29, 1.82) is 0 Å². The molecule has 13 nitrogen and oxygen atoms in total. The van der Waals surface area contributed by atoms with Gasteiger partial charge in [-0.05, 0) is 32.1 Å². The Kier molecular flexibility index (Phi) is 17.1. The predicted molar refractivity (Wildman–Crippen MR) is 152 cm³/mol. The number of unbranched alkanes of at least 4 members (excludes halogenated alkanes) is 11. The SMILES string of the molecule is CCCCCCCC/C=C\CCCCCCCC(=O)OC(O)[C@H](O)[C@H]1OC(=O)C(OC2O[C@H](CO)[C@@H](O)[C@H](O)[C@H]2O)=C1O. The van der Waals surface area contributed by atoms with E-state index in [4.69, 9.17) is 18.9 Å². The molecule has 13 heteroatoms. The average molecular weight is 619 g/mol. The van der Waals surface area contributed by atoms with Gasteiger partial charge in [0.05, 0.1) is 6.61 Å². The summed E-state index contributed by atoms with van der Waals surface area (Å²) in [4.78, 5) is 24.3. The second kappa shape index (κ2) is 19.9. The smallest absolute Gasteiger partial charge is 0.378 e. The Morgan fingerprint density at radius 2 is 1.47 bits per heavy atom. The minimum atomic E-state index is -2.14. The zero-order valence-electron chi connectivity index (χ0n) is 25.0. The Bertz CT molecular complexity index is 889. The van der Waals surface area contributed by atoms with Gasteiger partial charge in [-0.3, -0.25) is 4.79 Å². The molecule has 2 aliphatic rings. The van der Waals surface area contributed by atoms with Crippen molar-refractivity contribution in [2.24, 2.45) is 0 Å². The average Bonchev–Trinajstić information content (AvgIpc) is 3.27. The third kappa shape index (κ3) is 12.0. The molecule has 248 valence electrons. The van der Waals surface area contributed by atoms with Gasteiger partial charge in [-0.2, -0.15) is 0 Å². The van der Waals surface area contributed by atoms with Gasteiger partial charge in [0.2, 0.25) is 18.3 Å². The van der Waals surface area contributed by atoms with Crippen LogP contribution in [-0.2, 0) is 28.5 Å². The first kappa shape index (κ1) is 36.9. The fourth-order valence-corrected chi connectivity index (χ4v) is 4.83. The number of rotatable bonds is 21. The summed E-state index contributed by atoms with van der Waals surface area (Å²) in [5.41, 5.74) is 0. The number of esters is 2. The fourth-order valence-electron chi connectivity index (χ4n) is 4.83. The van der Waals surface area contributed by atoms with E-state index in [1.807, 2.05) is 0 Å². The van der Waals surface area contributed by atoms with Gasteiger partial charge in [-0.1, -0.05) is 70.4 Å². The lowest BCUT2D eigenvalue weighted by molar-refractivity contribution is -0.291. The number of ether oxygens (including phenoxy) is 4. The van der Waals surface area contributed by atoms with Crippen LogP contribution in [-0.4, -0.2) is 103 Å². The second-order valence-electron chi connectivity index (χ2n) is 11.1. The molecule has 0 bridgehead atoms. The van der Waals surface area contributed by atoms with E-state index in [2.05, 4.69) is 19.1 Å². The number of hydrogen-bond donors (Lipinski definition) is 7. The molecule has 2 aliphatic heterocycles. The maximum absolute atomic E-state index is 12.2. The van der Waals surface area contributed by atoms with E-state index in [9.17, 15) is 45.3 Å². The summed E-state index contributed by atoms with van der Waals surface area (Å²) in [5.74, 6) is -3.97. The Morgan fingerprint density at radius 1 is 0.884 bits per heavy atom. The third-order valence-electron chi connectivity index (χ3n) is 7.50. The van der Waals surface area contributed by atoms with Crippen molar-refractivity contribution >= 4 is 11.9 Å². The lowest BCUT2D eigenvalue weighted by Crippen LogP contribution is -2.59.